The van der Waals surface area contributed by atoms with Crippen molar-refractivity contribution >= 4 is 45.9 Å². The summed E-state index contributed by atoms with van der Waals surface area (Å²) in [6.07, 6.45) is 3.59. The molecule has 2 heterocycles. The molecule has 1 atom stereocenters. The van der Waals surface area contributed by atoms with Crippen LogP contribution in [0, 0.1) is 0 Å². The van der Waals surface area contributed by atoms with Gasteiger partial charge in [-0.1, -0.05) is 42.5 Å². The molecule has 186 valence electrons. The highest BCUT2D eigenvalue weighted by atomic mass is 32.2. The van der Waals surface area contributed by atoms with Gasteiger partial charge in [0.05, 0.1) is 17.9 Å². The monoisotopic (exact) mass is 520 g/mol. The summed E-state index contributed by atoms with van der Waals surface area (Å²) in [6, 6.07) is 17.6. The van der Waals surface area contributed by atoms with Gasteiger partial charge < -0.3 is 15.0 Å². The number of hydrogen-bond donors (Lipinski definition) is 1. The molecule has 1 saturated heterocycles. The quantitative estimate of drug-likeness (QED) is 0.398. The molecule has 0 bridgehead atoms. The number of nitrogens with one attached hydrogen (secondary N) is 1. The van der Waals surface area contributed by atoms with Crippen molar-refractivity contribution in [3.05, 3.63) is 87.3 Å². The number of ether oxygens (including phenoxy) is 1. The Labute approximate surface area is 219 Å². The molecule has 2 aromatic carbocycles. The molecular formula is C28H28N2O4S2. The number of carbonyl (C=O) groups excluding carboxylic acids is 3. The summed E-state index contributed by atoms with van der Waals surface area (Å²) >= 11 is 3.09. The molecule has 1 N–H and O–H groups in total. The summed E-state index contributed by atoms with van der Waals surface area (Å²) in [5.41, 5.74) is 4.23. The van der Waals surface area contributed by atoms with E-state index in [-0.39, 0.29) is 23.2 Å². The summed E-state index contributed by atoms with van der Waals surface area (Å²) in [7, 11) is 0. The molecule has 1 aliphatic carbocycles. The van der Waals surface area contributed by atoms with Crippen LogP contribution in [0.2, 0.25) is 0 Å². The minimum Gasteiger partial charge on any atom is -0.462 e. The first-order chi connectivity index (χ1) is 17.5. The first-order valence-corrected chi connectivity index (χ1v) is 14.1. The Bertz CT molecular complexity index is 1270. The number of anilines is 1. The van der Waals surface area contributed by atoms with Crippen molar-refractivity contribution in [3.63, 3.8) is 0 Å². The maximum absolute atomic E-state index is 13.1. The van der Waals surface area contributed by atoms with Gasteiger partial charge in [0.25, 0.3) is 5.91 Å². The molecule has 1 aromatic heterocycles. The highest BCUT2D eigenvalue weighted by molar-refractivity contribution is 8.00. The largest absolute Gasteiger partial charge is 0.462 e. The van der Waals surface area contributed by atoms with Crippen LogP contribution < -0.4 is 5.32 Å². The van der Waals surface area contributed by atoms with Gasteiger partial charge in [-0.2, -0.15) is 0 Å². The van der Waals surface area contributed by atoms with E-state index < -0.39 is 0 Å². The second-order valence-corrected chi connectivity index (χ2v) is 11.0. The standard InChI is InChI=1S/C28H28N2O4S2/c1-2-34-28(33)24-21-9-6-10-22(21)36-26(24)29-25(32)19-11-13-20(14-12-19)27-30(23(31)17-35-27)16-15-18-7-4-3-5-8-18/h3-5,7-8,11-14,27H,2,6,9-10,15-17H2,1H3,(H,29,32)/t27-/m0/s1. The average Bonchev–Trinajstić information content (AvgIpc) is 3.58. The van der Waals surface area contributed by atoms with Crippen LogP contribution in [-0.2, 0) is 28.8 Å². The van der Waals surface area contributed by atoms with Crippen LogP contribution >= 0.6 is 23.1 Å². The highest BCUT2D eigenvalue weighted by Crippen LogP contribution is 2.40. The van der Waals surface area contributed by atoms with E-state index >= 15 is 0 Å². The van der Waals surface area contributed by atoms with Crippen LogP contribution in [0.15, 0.2) is 54.6 Å². The van der Waals surface area contributed by atoms with Gasteiger partial charge in [-0.3, -0.25) is 9.59 Å². The Morgan fingerprint density at radius 3 is 2.61 bits per heavy atom. The molecule has 0 spiro atoms. The van der Waals surface area contributed by atoms with Gasteiger partial charge in [-0.05, 0) is 61.4 Å². The molecule has 1 fully saturated rings. The lowest BCUT2D eigenvalue weighted by molar-refractivity contribution is -0.128. The minimum atomic E-state index is -0.374. The SMILES string of the molecule is CCOC(=O)c1c(NC(=O)c2ccc([C@@H]3SCC(=O)N3CCc3ccccc3)cc2)sc2c1CCC2. The summed E-state index contributed by atoms with van der Waals surface area (Å²) in [6.45, 7) is 2.73. The fraction of sp³-hybridized carbons (Fsp3) is 0.321. The van der Waals surface area contributed by atoms with Crippen LogP contribution in [0.4, 0.5) is 5.00 Å². The van der Waals surface area contributed by atoms with Gasteiger partial charge in [0.1, 0.15) is 10.4 Å². The minimum absolute atomic E-state index is 0.0611. The third-order valence-corrected chi connectivity index (χ3v) is 9.00. The van der Waals surface area contributed by atoms with Gasteiger partial charge in [-0.25, -0.2) is 4.79 Å². The average molecular weight is 521 g/mol. The summed E-state index contributed by atoms with van der Waals surface area (Å²) in [4.78, 5) is 41.3. The van der Waals surface area contributed by atoms with Crippen LogP contribution in [-0.4, -0.2) is 41.6 Å². The molecule has 36 heavy (non-hydrogen) atoms. The van der Waals surface area contributed by atoms with E-state index in [9.17, 15) is 14.4 Å². The fourth-order valence-corrected chi connectivity index (χ4v) is 7.24. The van der Waals surface area contributed by atoms with E-state index in [0.717, 1.165) is 41.7 Å². The van der Waals surface area contributed by atoms with Crippen LogP contribution in [0.1, 0.15) is 61.0 Å². The van der Waals surface area contributed by atoms with Crippen molar-refractivity contribution < 1.29 is 19.1 Å². The number of aryl methyl sites for hydroxylation is 1. The van der Waals surface area contributed by atoms with E-state index in [1.54, 1.807) is 30.8 Å². The highest BCUT2D eigenvalue weighted by Gasteiger charge is 2.33. The lowest BCUT2D eigenvalue weighted by Crippen LogP contribution is -2.30. The molecule has 8 heteroatoms. The smallest absolute Gasteiger partial charge is 0.341 e. The van der Waals surface area contributed by atoms with Crippen LogP contribution in [0.3, 0.4) is 0 Å². The number of amides is 2. The molecule has 5 rings (SSSR count). The van der Waals surface area contributed by atoms with E-state index in [2.05, 4.69) is 17.4 Å². The number of thioether (sulfide) groups is 1. The lowest BCUT2D eigenvalue weighted by atomic mass is 10.1. The van der Waals surface area contributed by atoms with E-state index in [0.29, 0.717) is 35.0 Å². The number of hydrogen-bond acceptors (Lipinski definition) is 6. The maximum Gasteiger partial charge on any atom is 0.341 e. The summed E-state index contributed by atoms with van der Waals surface area (Å²) < 4.78 is 5.26. The van der Waals surface area contributed by atoms with Crippen LogP contribution in [0.5, 0.6) is 0 Å². The number of esters is 1. The first kappa shape index (κ1) is 24.6. The van der Waals surface area contributed by atoms with Gasteiger partial charge in [-0.15, -0.1) is 23.1 Å². The molecule has 1 aliphatic heterocycles. The fourth-order valence-electron chi connectivity index (χ4n) is 4.75. The Balaban J connectivity index is 1.28. The van der Waals surface area contributed by atoms with Crippen molar-refractivity contribution in [3.8, 4) is 0 Å². The number of carbonyl (C=O) groups is 3. The number of benzene rings is 2. The van der Waals surface area contributed by atoms with Crippen LogP contribution in [0.25, 0.3) is 0 Å². The Hall–Kier alpha value is -3.10. The molecule has 0 radical (unpaired) electrons. The molecule has 3 aromatic rings. The van der Waals surface area contributed by atoms with Crippen molar-refractivity contribution in [1.29, 1.82) is 0 Å². The summed E-state index contributed by atoms with van der Waals surface area (Å²) in [5, 5.41) is 3.45. The topological polar surface area (TPSA) is 75.7 Å². The number of fused-ring (bicyclic) bond motifs is 1. The number of rotatable bonds is 8. The lowest BCUT2D eigenvalue weighted by Gasteiger charge is -2.24. The number of nitrogens with zero attached hydrogens (tertiary/aromatic N) is 1. The normalized spacial score (nSPS) is 16.8. The Morgan fingerprint density at radius 2 is 1.86 bits per heavy atom. The zero-order valence-corrected chi connectivity index (χ0v) is 21.8. The summed E-state index contributed by atoms with van der Waals surface area (Å²) in [5.74, 6) is -0.0364. The van der Waals surface area contributed by atoms with Crippen molar-refractivity contribution in [1.82, 2.24) is 4.90 Å². The van der Waals surface area contributed by atoms with Gasteiger partial charge >= 0.3 is 5.97 Å². The first-order valence-electron chi connectivity index (χ1n) is 12.2. The van der Waals surface area contributed by atoms with Crippen molar-refractivity contribution in [2.45, 2.75) is 38.0 Å². The molecule has 0 unspecified atom stereocenters. The molecular weight excluding hydrogens is 492 g/mol. The maximum atomic E-state index is 13.1. The Kier molecular flexibility index (Phi) is 7.43. The zero-order valence-electron chi connectivity index (χ0n) is 20.1. The molecule has 0 saturated carbocycles. The molecule has 6 nitrogen and oxygen atoms in total. The van der Waals surface area contributed by atoms with Crippen molar-refractivity contribution in [2.24, 2.45) is 0 Å². The van der Waals surface area contributed by atoms with Gasteiger partial charge in [0, 0.05) is 17.0 Å². The van der Waals surface area contributed by atoms with Crippen molar-refractivity contribution in [2.75, 3.05) is 24.2 Å². The predicted molar refractivity (Wildman–Crippen MR) is 144 cm³/mol. The predicted octanol–water partition coefficient (Wildman–Crippen LogP) is 5.48. The van der Waals surface area contributed by atoms with E-state index in [1.807, 2.05) is 35.2 Å². The molecule has 2 aliphatic rings. The Morgan fingerprint density at radius 1 is 1.08 bits per heavy atom. The van der Waals surface area contributed by atoms with Gasteiger partial charge in [0.2, 0.25) is 5.91 Å². The number of thiophene rings is 1. The molecule has 2 amide bonds. The third kappa shape index (κ3) is 5.06. The van der Waals surface area contributed by atoms with E-state index in [4.69, 9.17) is 4.74 Å². The van der Waals surface area contributed by atoms with Gasteiger partial charge in [0.15, 0.2) is 0 Å². The third-order valence-electron chi connectivity index (χ3n) is 6.54. The second-order valence-electron chi connectivity index (χ2n) is 8.84. The zero-order chi connectivity index (χ0) is 25.1. The second kappa shape index (κ2) is 10.9. The van der Waals surface area contributed by atoms with E-state index in [1.165, 1.54) is 16.9 Å².